The van der Waals surface area contributed by atoms with Gasteiger partial charge in [-0.2, -0.15) is 5.10 Å². The molecule has 0 aliphatic rings. The Hall–Kier alpha value is -1.82. The maximum Gasteiger partial charge on any atom is 0.319 e. The second kappa shape index (κ2) is 7.45. The topological polar surface area (TPSA) is 59.0 Å². The number of rotatable bonds is 5. The summed E-state index contributed by atoms with van der Waals surface area (Å²) in [4.78, 5) is 11.9. The smallest absolute Gasteiger partial charge is 0.319 e. The standard InChI is InChI=1S/C16H21BrN4O/c1-4-21-12(3)13(11(2)20-21)9-10-18-16(22)19-15-8-6-5-7-14(15)17/h5-8H,4,9-10H2,1-3H3,(H2,18,19,22). The summed E-state index contributed by atoms with van der Waals surface area (Å²) in [5, 5.41) is 10.2. The Balaban J connectivity index is 1.88. The SMILES string of the molecule is CCn1nc(C)c(CCNC(=O)Nc2ccccc2Br)c1C. The first-order valence-corrected chi connectivity index (χ1v) is 8.14. The van der Waals surface area contributed by atoms with Gasteiger partial charge in [0.05, 0.1) is 11.4 Å². The van der Waals surface area contributed by atoms with Crippen molar-refractivity contribution in [1.82, 2.24) is 15.1 Å². The van der Waals surface area contributed by atoms with E-state index in [2.05, 4.69) is 45.5 Å². The molecular formula is C16H21BrN4O. The number of nitrogens with one attached hydrogen (secondary N) is 2. The minimum atomic E-state index is -0.204. The minimum Gasteiger partial charge on any atom is -0.338 e. The van der Waals surface area contributed by atoms with Gasteiger partial charge in [0, 0.05) is 23.3 Å². The lowest BCUT2D eigenvalue weighted by atomic mass is 10.1. The molecule has 0 saturated heterocycles. The maximum absolute atomic E-state index is 11.9. The van der Waals surface area contributed by atoms with Gasteiger partial charge in [-0.15, -0.1) is 0 Å². The van der Waals surface area contributed by atoms with Gasteiger partial charge in [0.15, 0.2) is 0 Å². The molecule has 22 heavy (non-hydrogen) atoms. The first kappa shape index (κ1) is 16.5. The minimum absolute atomic E-state index is 0.204. The summed E-state index contributed by atoms with van der Waals surface area (Å²) >= 11 is 3.41. The van der Waals surface area contributed by atoms with E-state index >= 15 is 0 Å². The Labute approximate surface area is 139 Å². The lowest BCUT2D eigenvalue weighted by molar-refractivity contribution is 0.252. The highest BCUT2D eigenvalue weighted by molar-refractivity contribution is 9.10. The molecular weight excluding hydrogens is 344 g/mol. The highest BCUT2D eigenvalue weighted by Gasteiger charge is 2.11. The second-order valence-electron chi connectivity index (χ2n) is 5.08. The Morgan fingerprint density at radius 1 is 1.32 bits per heavy atom. The van der Waals surface area contributed by atoms with E-state index in [-0.39, 0.29) is 6.03 Å². The lowest BCUT2D eigenvalue weighted by Crippen LogP contribution is -2.30. The molecule has 0 bridgehead atoms. The third kappa shape index (κ3) is 3.88. The summed E-state index contributed by atoms with van der Waals surface area (Å²) in [6.45, 7) is 7.60. The van der Waals surface area contributed by atoms with Crippen LogP contribution in [0.25, 0.3) is 0 Å². The number of anilines is 1. The van der Waals surface area contributed by atoms with Crippen LogP contribution in [0.4, 0.5) is 10.5 Å². The molecule has 1 aromatic carbocycles. The Bertz CT molecular complexity index is 666. The normalized spacial score (nSPS) is 10.5. The van der Waals surface area contributed by atoms with E-state index in [1.165, 1.54) is 11.3 Å². The molecule has 1 aromatic heterocycles. The third-order valence-electron chi connectivity index (χ3n) is 3.61. The molecule has 2 rings (SSSR count). The van der Waals surface area contributed by atoms with Crippen LogP contribution in [0.3, 0.4) is 0 Å². The molecule has 1 heterocycles. The van der Waals surface area contributed by atoms with Crippen LogP contribution < -0.4 is 10.6 Å². The first-order chi connectivity index (χ1) is 10.5. The molecule has 0 atom stereocenters. The van der Waals surface area contributed by atoms with E-state index in [0.717, 1.165) is 28.8 Å². The van der Waals surface area contributed by atoms with E-state index < -0.39 is 0 Å². The molecule has 5 nitrogen and oxygen atoms in total. The van der Waals surface area contributed by atoms with Crippen LogP contribution in [-0.4, -0.2) is 22.4 Å². The van der Waals surface area contributed by atoms with Crippen molar-refractivity contribution >= 4 is 27.6 Å². The number of aryl methyl sites for hydroxylation is 2. The quantitative estimate of drug-likeness (QED) is 0.850. The van der Waals surface area contributed by atoms with Crippen molar-refractivity contribution in [3.63, 3.8) is 0 Å². The predicted molar refractivity (Wildman–Crippen MR) is 92.2 cm³/mol. The summed E-state index contributed by atoms with van der Waals surface area (Å²) in [5.41, 5.74) is 4.18. The lowest BCUT2D eigenvalue weighted by Gasteiger charge is -2.09. The number of hydrogen-bond acceptors (Lipinski definition) is 2. The zero-order valence-electron chi connectivity index (χ0n) is 13.1. The van der Waals surface area contributed by atoms with E-state index in [0.29, 0.717) is 6.54 Å². The van der Waals surface area contributed by atoms with Crippen molar-refractivity contribution < 1.29 is 4.79 Å². The van der Waals surface area contributed by atoms with Crippen LogP contribution in [0.5, 0.6) is 0 Å². The number of hydrogen-bond donors (Lipinski definition) is 2. The first-order valence-electron chi connectivity index (χ1n) is 7.35. The van der Waals surface area contributed by atoms with Gasteiger partial charge < -0.3 is 10.6 Å². The molecule has 0 saturated carbocycles. The number of halogens is 1. The average molecular weight is 365 g/mol. The van der Waals surface area contributed by atoms with Crippen LogP contribution in [0.2, 0.25) is 0 Å². The average Bonchev–Trinajstić information content (AvgIpc) is 2.77. The highest BCUT2D eigenvalue weighted by Crippen LogP contribution is 2.20. The van der Waals surface area contributed by atoms with Crippen molar-refractivity contribution in [2.75, 3.05) is 11.9 Å². The number of benzene rings is 1. The van der Waals surface area contributed by atoms with Gasteiger partial charge in [0.1, 0.15) is 0 Å². The number of carbonyl (C=O) groups excluding carboxylic acids is 1. The summed E-state index contributed by atoms with van der Waals surface area (Å²) in [5.74, 6) is 0. The monoisotopic (exact) mass is 364 g/mol. The van der Waals surface area contributed by atoms with Gasteiger partial charge in [0.25, 0.3) is 0 Å². The Kier molecular flexibility index (Phi) is 5.60. The van der Waals surface area contributed by atoms with Crippen molar-refractivity contribution in [3.8, 4) is 0 Å². The number of urea groups is 1. The van der Waals surface area contributed by atoms with E-state index in [1.807, 2.05) is 35.9 Å². The molecule has 2 amide bonds. The fourth-order valence-corrected chi connectivity index (χ4v) is 2.82. The second-order valence-corrected chi connectivity index (χ2v) is 5.93. The molecule has 0 aliphatic heterocycles. The van der Waals surface area contributed by atoms with Crippen LogP contribution in [0.1, 0.15) is 23.9 Å². The van der Waals surface area contributed by atoms with Crippen molar-refractivity contribution in [2.45, 2.75) is 33.7 Å². The molecule has 118 valence electrons. The van der Waals surface area contributed by atoms with Crippen molar-refractivity contribution in [1.29, 1.82) is 0 Å². The van der Waals surface area contributed by atoms with Gasteiger partial charge >= 0.3 is 6.03 Å². The molecule has 0 spiro atoms. The van der Waals surface area contributed by atoms with Crippen LogP contribution >= 0.6 is 15.9 Å². The van der Waals surface area contributed by atoms with Crippen LogP contribution in [-0.2, 0) is 13.0 Å². The van der Waals surface area contributed by atoms with Gasteiger partial charge in [-0.25, -0.2) is 4.79 Å². The molecule has 0 radical (unpaired) electrons. The Morgan fingerprint density at radius 3 is 2.68 bits per heavy atom. The number of aromatic nitrogens is 2. The van der Waals surface area contributed by atoms with Crippen LogP contribution in [0, 0.1) is 13.8 Å². The van der Waals surface area contributed by atoms with Crippen LogP contribution in [0.15, 0.2) is 28.7 Å². The fraction of sp³-hybridized carbons (Fsp3) is 0.375. The number of amides is 2. The number of nitrogens with zero attached hydrogens (tertiary/aromatic N) is 2. The van der Waals surface area contributed by atoms with Gasteiger partial charge in [-0.05, 0) is 60.8 Å². The van der Waals surface area contributed by atoms with Crippen molar-refractivity contribution in [3.05, 3.63) is 45.7 Å². The highest BCUT2D eigenvalue weighted by atomic mass is 79.9. The molecule has 2 aromatic rings. The van der Waals surface area contributed by atoms with E-state index in [1.54, 1.807) is 0 Å². The summed E-state index contributed by atoms with van der Waals surface area (Å²) in [7, 11) is 0. The van der Waals surface area contributed by atoms with E-state index in [9.17, 15) is 4.79 Å². The molecule has 2 N–H and O–H groups in total. The summed E-state index contributed by atoms with van der Waals surface area (Å²) in [6.07, 6.45) is 0.779. The zero-order valence-corrected chi connectivity index (χ0v) is 14.7. The zero-order chi connectivity index (χ0) is 16.1. The summed E-state index contributed by atoms with van der Waals surface area (Å²) < 4.78 is 2.85. The summed E-state index contributed by atoms with van der Waals surface area (Å²) in [6, 6.07) is 7.33. The molecule has 0 aliphatic carbocycles. The molecule has 6 heteroatoms. The van der Waals surface area contributed by atoms with Gasteiger partial charge in [-0.3, -0.25) is 4.68 Å². The third-order valence-corrected chi connectivity index (χ3v) is 4.31. The predicted octanol–water partition coefficient (Wildman–Crippen LogP) is 3.65. The Morgan fingerprint density at radius 2 is 2.05 bits per heavy atom. The fourth-order valence-electron chi connectivity index (χ4n) is 2.43. The number of para-hydroxylation sites is 1. The van der Waals surface area contributed by atoms with E-state index in [4.69, 9.17) is 0 Å². The van der Waals surface area contributed by atoms with Gasteiger partial charge in [0.2, 0.25) is 0 Å². The van der Waals surface area contributed by atoms with Gasteiger partial charge in [-0.1, -0.05) is 12.1 Å². The maximum atomic E-state index is 11.9. The van der Waals surface area contributed by atoms with Crippen molar-refractivity contribution in [2.24, 2.45) is 0 Å². The largest absolute Gasteiger partial charge is 0.338 e. The number of carbonyl (C=O) groups is 1. The molecule has 0 unspecified atom stereocenters. The molecule has 0 fully saturated rings.